The summed E-state index contributed by atoms with van der Waals surface area (Å²) < 4.78 is 13.3. The first-order valence-corrected chi connectivity index (χ1v) is 15.3. The van der Waals surface area contributed by atoms with Gasteiger partial charge in [0.25, 0.3) is 0 Å². The number of likely N-dealkylation sites (N-methyl/N-ethyl adjacent to an activating group) is 1. The number of carbonyl (C=O) groups excluding carboxylic acids is 1. The average Bonchev–Trinajstić information content (AvgIpc) is 3.42. The van der Waals surface area contributed by atoms with Crippen LogP contribution in [0.25, 0.3) is 0 Å². The van der Waals surface area contributed by atoms with Crippen LogP contribution in [-0.2, 0) is 22.2 Å². The molecule has 9 nitrogen and oxygen atoms in total. The highest BCUT2D eigenvalue weighted by atomic mass is 16.5. The van der Waals surface area contributed by atoms with Crippen LogP contribution >= 0.6 is 0 Å². The van der Waals surface area contributed by atoms with Crippen molar-refractivity contribution in [3.8, 4) is 18.0 Å². The van der Waals surface area contributed by atoms with Crippen molar-refractivity contribution in [2.45, 2.75) is 81.9 Å². The number of anilines is 1. The van der Waals surface area contributed by atoms with Crippen molar-refractivity contribution in [1.29, 1.82) is 5.26 Å². The molecule has 0 bridgehead atoms. The number of carbonyl (C=O) groups is 1. The molecule has 0 radical (unpaired) electrons. The minimum Gasteiger partial charge on any atom is -0.466 e. The van der Waals surface area contributed by atoms with E-state index in [9.17, 15) is 10.1 Å². The first kappa shape index (κ1) is 28.5. The summed E-state index contributed by atoms with van der Waals surface area (Å²) in [5.74, 6) is 1.24. The number of ether oxygens (including phenoxy) is 2. The molecule has 4 aliphatic rings. The molecule has 1 aliphatic carbocycles. The predicted molar refractivity (Wildman–Crippen MR) is 161 cm³/mol. The highest BCUT2D eigenvalue weighted by Crippen LogP contribution is 2.52. The van der Waals surface area contributed by atoms with Crippen LogP contribution in [0.2, 0.25) is 0 Å². The Labute approximate surface area is 249 Å². The Morgan fingerprint density at radius 1 is 1.17 bits per heavy atom. The number of hydrogen-bond acceptors (Lipinski definition) is 8. The largest absolute Gasteiger partial charge is 0.466 e. The molecule has 2 fully saturated rings. The minimum atomic E-state index is -0.438. The van der Waals surface area contributed by atoms with Crippen LogP contribution in [0.3, 0.4) is 0 Å². The van der Waals surface area contributed by atoms with E-state index in [2.05, 4.69) is 67.6 Å². The lowest BCUT2D eigenvalue weighted by Gasteiger charge is -2.47. The first-order valence-electron chi connectivity index (χ1n) is 15.3. The molecular weight excluding hydrogens is 528 g/mol. The van der Waals surface area contributed by atoms with E-state index in [1.165, 1.54) is 17.2 Å². The Bertz CT molecular complexity index is 1400. The maximum Gasteiger partial charge on any atom is 0.321 e. The third-order valence-corrected chi connectivity index (χ3v) is 9.94. The number of amides is 1. The van der Waals surface area contributed by atoms with Crippen molar-refractivity contribution in [2.75, 3.05) is 44.7 Å². The maximum absolute atomic E-state index is 12.5. The van der Waals surface area contributed by atoms with E-state index in [0.29, 0.717) is 44.2 Å². The number of benzene rings is 1. The summed E-state index contributed by atoms with van der Waals surface area (Å²) in [7, 11) is 2.13. The topological polar surface area (TPSA) is 94.8 Å². The predicted octanol–water partition coefficient (Wildman–Crippen LogP) is 4.36. The Balaban J connectivity index is 1.36. The molecule has 9 heteroatoms. The van der Waals surface area contributed by atoms with Crippen molar-refractivity contribution in [3.63, 3.8) is 0 Å². The molecule has 2 saturated heterocycles. The van der Waals surface area contributed by atoms with E-state index < -0.39 is 5.60 Å². The molecule has 3 aliphatic heterocycles. The summed E-state index contributed by atoms with van der Waals surface area (Å²) in [6.45, 7) is 11.5. The van der Waals surface area contributed by atoms with Crippen molar-refractivity contribution in [2.24, 2.45) is 0 Å². The minimum absolute atomic E-state index is 0.0855. The average molecular weight is 571 g/mol. The van der Waals surface area contributed by atoms with Crippen molar-refractivity contribution >= 4 is 11.7 Å². The van der Waals surface area contributed by atoms with Gasteiger partial charge in [0.05, 0.1) is 24.1 Å². The Kier molecular flexibility index (Phi) is 7.61. The Morgan fingerprint density at radius 3 is 2.71 bits per heavy atom. The van der Waals surface area contributed by atoms with Crippen molar-refractivity contribution < 1.29 is 14.3 Å². The van der Waals surface area contributed by atoms with Gasteiger partial charge in [-0.25, -0.2) is 0 Å². The third-order valence-electron chi connectivity index (χ3n) is 9.94. The molecule has 0 N–H and O–H groups in total. The van der Waals surface area contributed by atoms with Crippen LogP contribution in [0.5, 0.6) is 11.9 Å². The summed E-state index contributed by atoms with van der Waals surface area (Å²) >= 11 is 0. The number of nitriles is 1. The Morgan fingerprint density at radius 2 is 1.98 bits per heavy atom. The lowest BCUT2D eigenvalue weighted by atomic mass is 9.65. The number of rotatable bonds is 6. The van der Waals surface area contributed by atoms with Crippen molar-refractivity contribution in [1.82, 2.24) is 19.8 Å². The lowest BCUT2D eigenvalue weighted by molar-refractivity contribution is -0.128. The van der Waals surface area contributed by atoms with Gasteiger partial charge in [-0.3, -0.25) is 4.79 Å². The zero-order valence-electron chi connectivity index (χ0n) is 25.1. The van der Waals surface area contributed by atoms with Gasteiger partial charge < -0.3 is 24.2 Å². The molecule has 1 spiro atoms. The van der Waals surface area contributed by atoms with Crippen LogP contribution in [0.4, 0.5) is 5.82 Å². The molecule has 222 valence electrons. The van der Waals surface area contributed by atoms with Crippen LogP contribution in [0.15, 0.2) is 36.9 Å². The van der Waals surface area contributed by atoms with Gasteiger partial charge in [0.1, 0.15) is 18.0 Å². The highest BCUT2D eigenvalue weighted by Gasteiger charge is 2.47. The monoisotopic (exact) mass is 570 g/mol. The van der Waals surface area contributed by atoms with Gasteiger partial charge in [0, 0.05) is 25.7 Å². The third kappa shape index (κ3) is 5.11. The number of hydrogen-bond donors (Lipinski definition) is 0. The molecule has 42 heavy (non-hydrogen) atoms. The van der Waals surface area contributed by atoms with Gasteiger partial charge in [-0.2, -0.15) is 15.2 Å². The van der Waals surface area contributed by atoms with Gasteiger partial charge in [0.15, 0.2) is 0 Å². The first-order chi connectivity index (χ1) is 20.2. The molecule has 1 aromatic heterocycles. The summed E-state index contributed by atoms with van der Waals surface area (Å²) in [5, 5.41) is 9.53. The van der Waals surface area contributed by atoms with Crippen LogP contribution < -0.4 is 14.4 Å². The fourth-order valence-electron chi connectivity index (χ4n) is 7.34. The molecule has 2 aromatic rings. The molecule has 3 atom stereocenters. The van der Waals surface area contributed by atoms with Gasteiger partial charge in [0.2, 0.25) is 11.8 Å². The summed E-state index contributed by atoms with van der Waals surface area (Å²) in [4.78, 5) is 28.7. The fourth-order valence-corrected chi connectivity index (χ4v) is 7.34. The van der Waals surface area contributed by atoms with E-state index in [1.807, 2.05) is 0 Å². The zero-order valence-corrected chi connectivity index (χ0v) is 25.1. The van der Waals surface area contributed by atoms with E-state index in [0.717, 1.165) is 56.5 Å². The number of likely N-dealkylation sites (tertiary alicyclic amines) is 1. The molecule has 4 heterocycles. The standard InChI is InChI=1S/C33H42N6O3/c1-5-28(40)39-20-19-38(21-23(39)13-17-34)29-25-12-14-33(16-15-32(2,3)26-10-6-7-11-27(26)33)42-30(25)36-31(35-29)41-22-24-9-8-18-37(24)4/h5-7,10-11,23-24H,1,8-9,12-16,18-22H2,2-4H3/t23-,24-,33+/m0/s1. The second-order valence-electron chi connectivity index (χ2n) is 12.9. The molecule has 1 amide bonds. The lowest BCUT2D eigenvalue weighted by Crippen LogP contribution is -2.55. The van der Waals surface area contributed by atoms with Gasteiger partial charge >= 0.3 is 6.01 Å². The van der Waals surface area contributed by atoms with Crippen LogP contribution in [0, 0.1) is 11.3 Å². The smallest absolute Gasteiger partial charge is 0.321 e. The van der Waals surface area contributed by atoms with E-state index in [-0.39, 0.29) is 23.8 Å². The molecule has 0 saturated carbocycles. The van der Waals surface area contributed by atoms with E-state index in [1.54, 1.807) is 4.90 Å². The van der Waals surface area contributed by atoms with Crippen LogP contribution in [0.1, 0.15) is 69.1 Å². The molecule has 1 aromatic carbocycles. The molecule has 6 rings (SSSR count). The quantitative estimate of drug-likeness (QED) is 0.473. The van der Waals surface area contributed by atoms with Crippen molar-refractivity contribution in [3.05, 3.63) is 53.6 Å². The summed E-state index contributed by atoms with van der Waals surface area (Å²) in [6.07, 6.45) is 7.40. The highest BCUT2D eigenvalue weighted by molar-refractivity contribution is 5.87. The molecular formula is C33H42N6O3. The van der Waals surface area contributed by atoms with Crippen LogP contribution in [-0.4, -0.2) is 77.6 Å². The fraction of sp³-hybridized carbons (Fsp3) is 0.576. The normalized spacial score (nSPS) is 26.6. The number of aromatic nitrogens is 2. The van der Waals surface area contributed by atoms with Gasteiger partial charge in [-0.1, -0.05) is 44.7 Å². The van der Waals surface area contributed by atoms with E-state index >= 15 is 0 Å². The Hall–Kier alpha value is -3.64. The number of nitrogens with zero attached hydrogens (tertiary/aromatic N) is 6. The van der Waals surface area contributed by atoms with Gasteiger partial charge in [-0.05, 0) is 74.7 Å². The van der Waals surface area contributed by atoms with Gasteiger partial charge in [-0.15, -0.1) is 0 Å². The second kappa shape index (κ2) is 11.2. The summed E-state index contributed by atoms with van der Waals surface area (Å²) in [5.41, 5.74) is 3.23. The summed E-state index contributed by atoms with van der Waals surface area (Å²) in [6, 6.07) is 11.4. The van der Waals surface area contributed by atoms with E-state index in [4.69, 9.17) is 19.4 Å². The zero-order chi connectivity index (χ0) is 29.5. The maximum atomic E-state index is 12.5. The number of piperazine rings is 1. The second-order valence-corrected chi connectivity index (χ2v) is 12.9. The number of fused-ring (bicyclic) bond motifs is 3. The molecule has 0 unspecified atom stereocenters. The SMILES string of the molecule is C=CC(=O)N1CCN(c2nc(OC[C@@H]3CCCN3C)nc3c2CC[C@]2(CCC(C)(C)c4ccccc42)O3)C[C@@H]1CC#N.